The predicted octanol–water partition coefficient (Wildman–Crippen LogP) is 3.93. The van der Waals surface area contributed by atoms with Gasteiger partial charge in [-0.25, -0.2) is 0 Å². The number of rotatable bonds is 4. The largest absolute Gasteiger partial charge is 0.493 e. The number of aromatic nitrogens is 1. The van der Waals surface area contributed by atoms with Crippen LogP contribution in [0.2, 0.25) is 0 Å². The highest BCUT2D eigenvalue weighted by Gasteiger charge is 2.19. The summed E-state index contributed by atoms with van der Waals surface area (Å²) in [5, 5.41) is 2.69. The number of pyridine rings is 1. The fraction of sp³-hybridized carbons (Fsp3) is 0.211. The molecule has 0 aliphatic carbocycles. The number of nitrogens with one attached hydrogen (secondary N) is 1. The number of hydrogen-bond acceptors (Lipinski definition) is 6. The molecule has 0 spiro atoms. The van der Waals surface area contributed by atoms with E-state index in [0.717, 1.165) is 20.9 Å². The molecule has 0 fully saturated rings. The molecule has 0 bridgehead atoms. The molecule has 0 amide bonds. The van der Waals surface area contributed by atoms with Crippen LogP contribution in [0.25, 0.3) is 31.1 Å². The van der Waals surface area contributed by atoms with Gasteiger partial charge in [0.15, 0.2) is 23.0 Å². The second-order valence-corrected chi connectivity index (χ2v) is 6.74. The molecule has 1 N–H and O–H groups in total. The molecule has 0 saturated heterocycles. The molecule has 4 rings (SSSR count). The zero-order valence-electron chi connectivity index (χ0n) is 14.8. The van der Waals surface area contributed by atoms with Crippen molar-refractivity contribution in [1.82, 2.24) is 4.98 Å². The van der Waals surface area contributed by atoms with Crippen molar-refractivity contribution < 1.29 is 18.9 Å². The summed E-state index contributed by atoms with van der Waals surface area (Å²) in [5.74, 6) is 2.32. The molecule has 2 heterocycles. The van der Waals surface area contributed by atoms with E-state index in [2.05, 4.69) is 4.98 Å². The fourth-order valence-electron chi connectivity index (χ4n) is 3.28. The molecule has 6 nitrogen and oxygen atoms in total. The second-order valence-electron chi connectivity index (χ2n) is 5.69. The molecule has 134 valence electrons. The van der Waals surface area contributed by atoms with Gasteiger partial charge >= 0.3 is 0 Å². The van der Waals surface area contributed by atoms with E-state index in [1.54, 1.807) is 28.4 Å². The predicted molar refractivity (Wildman–Crippen MR) is 104 cm³/mol. The third-order valence-electron chi connectivity index (χ3n) is 4.45. The minimum atomic E-state index is -0.168. The van der Waals surface area contributed by atoms with Crippen molar-refractivity contribution in [1.29, 1.82) is 0 Å². The van der Waals surface area contributed by atoms with Gasteiger partial charge in [0.05, 0.1) is 34.0 Å². The van der Waals surface area contributed by atoms with Gasteiger partial charge in [-0.05, 0) is 18.2 Å². The molecule has 0 unspecified atom stereocenters. The number of methoxy groups -OCH3 is 4. The summed E-state index contributed by atoms with van der Waals surface area (Å²) in [5.41, 5.74) is 0.442. The molecule has 0 aliphatic heterocycles. The number of H-pyrrole nitrogens is 1. The van der Waals surface area contributed by atoms with E-state index in [1.165, 1.54) is 11.3 Å². The van der Waals surface area contributed by atoms with Crippen molar-refractivity contribution in [3.8, 4) is 23.0 Å². The molecule has 4 aromatic rings. The fourth-order valence-corrected chi connectivity index (χ4v) is 4.40. The highest BCUT2D eigenvalue weighted by atomic mass is 32.1. The molecule has 7 heteroatoms. The van der Waals surface area contributed by atoms with E-state index >= 15 is 0 Å². The van der Waals surface area contributed by atoms with Crippen molar-refractivity contribution in [2.75, 3.05) is 28.4 Å². The van der Waals surface area contributed by atoms with Crippen LogP contribution in [0, 0.1) is 0 Å². The van der Waals surface area contributed by atoms with Gasteiger partial charge in [0, 0.05) is 26.9 Å². The van der Waals surface area contributed by atoms with Crippen molar-refractivity contribution in [2.45, 2.75) is 0 Å². The van der Waals surface area contributed by atoms with Crippen LogP contribution < -0.4 is 24.5 Å². The Kier molecular flexibility index (Phi) is 3.88. The third kappa shape index (κ3) is 2.20. The Morgan fingerprint density at radius 3 is 2.19 bits per heavy atom. The van der Waals surface area contributed by atoms with Gasteiger partial charge in [0.1, 0.15) is 4.70 Å². The number of ether oxygens (including phenoxy) is 4. The number of thiophene rings is 1. The van der Waals surface area contributed by atoms with Gasteiger partial charge in [0.25, 0.3) is 5.56 Å². The number of benzene rings is 2. The highest BCUT2D eigenvalue weighted by molar-refractivity contribution is 7.26. The van der Waals surface area contributed by atoms with Gasteiger partial charge in [-0.2, -0.15) is 0 Å². The van der Waals surface area contributed by atoms with Crippen LogP contribution in [0.1, 0.15) is 0 Å². The lowest BCUT2D eigenvalue weighted by Crippen LogP contribution is -2.05. The Labute approximate surface area is 152 Å². The van der Waals surface area contributed by atoms with Crippen LogP contribution in [0.3, 0.4) is 0 Å². The Bertz CT molecular complexity index is 1210. The molecular weight excluding hydrogens is 354 g/mol. The molecule has 0 saturated carbocycles. The number of aromatic amines is 1. The first kappa shape index (κ1) is 16.5. The number of fused-ring (bicyclic) bond motifs is 5. The van der Waals surface area contributed by atoms with Crippen LogP contribution in [0.15, 0.2) is 29.1 Å². The van der Waals surface area contributed by atoms with Gasteiger partial charge in [-0.15, -0.1) is 11.3 Å². The first-order chi connectivity index (χ1) is 12.6. The zero-order valence-corrected chi connectivity index (χ0v) is 15.6. The van der Waals surface area contributed by atoms with Crippen molar-refractivity contribution in [3.05, 3.63) is 34.6 Å². The highest BCUT2D eigenvalue weighted by Crippen LogP contribution is 2.44. The molecule has 0 aliphatic rings. The number of hydrogen-bond donors (Lipinski definition) is 1. The van der Waals surface area contributed by atoms with E-state index in [9.17, 15) is 4.79 Å². The SMILES string of the molecule is COc1cc2sc3c(=O)[nH]c4c(OC)c(OC)ccc4c3c2cc1OC. The molecule has 26 heavy (non-hydrogen) atoms. The van der Waals surface area contributed by atoms with Crippen molar-refractivity contribution >= 4 is 42.4 Å². The van der Waals surface area contributed by atoms with Gasteiger partial charge < -0.3 is 23.9 Å². The lowest BCUT2D eigenvalue weighted by atomic mass is 10.1. The van der Waals surface area contributed by atoms with Crippen LogP contribution in [0.5, 0.6) is 23.0 Å². The third-order valence-corrected chi connectivity index (χ3v) is 5.61. The minimum Gasteiger partial charge on any atom is -0.493 e. The molecule has 2 aromatic carbocycles. The summed E-state index contributed by atoms with van der Waals surface area (Å²) in [6.45, 7) is 0. The summed E-state index contributed by atoms with van der Waals surface area (Å²) in [6, 6.07) is 7.56. The maximum absolute atomic E-state index is 12.7. The lowest BCUT2D eigenvalue weighted by molar-refractivity contribution is 0.356. The summed E-state index contributed by atoms with van der Waals surface area (Å²) in [7, 11) is 6.31. The Morgan fingerprint density at radius 2 is 1.54 bits per heavy atom. The maximum Gasteiger partial charge on any atom is 0.266 e. The molecule has 2 aromatic heterocycles. The van der Waals surface area contributed by atoms with E-state index in [0.29, 0.717) is 33.2 Å². The van der Waals surface area contributed by atoms with E-state index in [-0.39, 0.29) is 5.56 Å². The van der Waals surface area contributed by atoms with Crippen molar-refractivity contribution in [2.24, 2.45) is 0 Å². The Hall–Kier alpha value is -2.93. The summed E-state index contributed by atoms with van der Waals surface area (Å²) < 4.78 is 23.3. The summed E-state index contributed by atoms with van der Waals surface area (Å²) >= 11 is 1.42. The minimum absolute atomic E-state index is 0.168. The summed E-state index contributed by atoms with van der Waals surface area (Å²) in [4.78, 5) is 15.7. The molecule has 0 radical (unpaired) electrons. The van der Waals surface area contributed by atoms with Gasteiger partial charge in [0.2, 0.25) is 0 Å². The average molecular weight is 371 g/mol. The maximum atomic E-state index is 12.7. The standard InChI is InChI=1S/C19H17NO5S/c1-22-11-6-5-9-15-10-7-12(23-2)13(24-3)8-14(10)26-18(15)19(21)20-16(9)17(11)25-4/h5-8H,1-4H3,(H,20,21). The van der Waals surface area contributed by atoms with Crippen molar-refractivity contribution in [3.63, 3.8) is 0 Å². The summed E-state index contributed by atoms with van der Waals surface area (Å²) in [6.07, 6.45) is 0. The Morgan fingerprint density at radius 1 is 0.846 bits per heavy atom. The smallest absolute Gasteiger partial charge is 0.266 e. The van der Waals surface area contributed by atoms with Crippen LogP contribution in [-0.2, 0) is 0 Å². The van der Waals surface area contributed by atoms with Gasteiger partial charge in [-0.1, -0.05) is 0 Å². The monoisotopic (exact) mass is 371 g/mol. The lowest BCUT2D eigenvalue weighted by Gasteiger charge is -2.11. The zero-order chi connectivity index (χ0) is 18.4. The first-order valence-electron chi connectivity index (χ1n) is 7.88. The second kappa shape index (κ2) is 6.10. The first-order valence-corrected chi connectivity index (χ1v) is 8.69. The topological polar surface area (TPSA) is 69.8 Å². The molecule has 0 atom stereocenters. The van der Waals surface area contributed by atoms with E-state index in [4.69, 9.17) is 18.9 Å². The van der Waals surface area contributed by atoms with Crippen LogP contribution in [0.4, 0.5) is 0 Å². The van der Waals surface area contributed by atoms with Gasteiger partial charge in [-0.3, -0.25) is 4.79 Å². The quantitative estimate of drug-likeness (QED) is 0.589. The van der Waals surface area contributed by atoms with Crippen LogP contribution in [-0.4, -0.2) is 33.4 Å². The normalized spacial score (nSPS) is 11.2. The van der Waals surface area contributed by atoms with E-state index < -0.39 is 0 Å². The van der Waals surface area contributed by atoms with Crippen LogP contribution >= 0.6 is 11.3 Å². The molecular formula is C19H17NO5S. The Balaban J connectivity index is 2.23. The van der Waals surface area contributed by atoms with E-state index in [1.807, 2.05) is 24.3 Å². The average Bonchev–Trinajstić information content (AvgIpc) is 3.05.